The minimum absolute atomic E-state index is 0.107. The van der Waals surface area contributed by atoms with Gasteiger partial charge in [0, 0.05) is 17.2 Å². The third kappa shape index (κ3) is 3.70. The van der Waals surface area contributed by atoms with E-state index in [1.54, 1.807) is 27.7 Å². The molecule has 19 heavy (non-hydrogen) atoms. The molecule has 5 nitrogen and oxygen atoms in total. The summed E-state index contributed by atoms with van der Waals surface area (Å²) in [5, 5.41) is 7.41. The SMILES string of the molecule is CCCCn1c(SCCc2scnc2C)n[nH]c1=O. The van der Waals surface area contributed by atoms with Crippen LogP contribution in [-0.4, -0.2) is 25.5 Å². The Hall–Kier alpha value is -1.08. The van der Waals surface area contributed by atoms with Gasteiger partial charge >= 0.3 is 5.69 Å². The molecule has 0 aromatic carbocycles. The summed E-state index contributed by atoms with van der Waals surface area (Å²) in [6, 6.07) is 0. The standard InChI is InChI=1S/C12H18N4OS2/c1-3-4-6-16-11(17)14-15-12(16)18-7-5-10-9(2)13-8-19-10/h8H,3-7H2,1-2H3,(H,14,17). The van der Waals surface area contributed by atoms with Crippen LogP contribution in [0, 0.1) is 6.92 Å². The average Bonchev–Trinajstić information content (AvgIpc) is 2.95. The molecule has 0 spiro atoms. The van der Waals surface area contributed by atoms with Gasteiger partial charge in [-0.15, -0.1) is 16.4 Å². The highest BCUT2D eigenvalue weighted by Gasteiger charge is 2.09. The number of nitrogens with one attached hydrogen (secondary N) is 1. The minimum Gasteiger partial charge on any atom is -0.270 e. The Morgan fingerprint density at radius 3 is 3.05 bits per heavy atom. The van der Waals surface area contributed by atoms with E-state index in [-0.39, 0.29) is 5.69 Å². The Labute approximate surface area is 120 Å². The monoisotopic (exact) mass is 298 g/mol. The molecule has 0 radical (unpaired) electrons. The summed E-state index contributed by atoms with van der Waals surface area (Å²) in [6.45, 7) is 4.89. The molecule has 0 aliphatic carbocycles. The summed E-state index contributed by atoms with van der Waals surface area (Å²) in [5.41, 5.74) is 2.88. The zero-order valence-corrected chi connectivity index (χ0v) is 12.8. The molecule has 2 aromatic rings. The van der Waals surface area contributed by atoms with E-state index < -0.39 is 0 Å². The number of hydrogen-bond acceptors (Lipinski definition) is 5. The second-order valence-electron chi connectivity index (χ2n) is 4.28. The van der Waals surface area contributed by atoms with Gasteiger partial charge in [0.05, 0.1) is 11.2 Å². The number of unbranched alkanes of at least 4 members (excludes halogenated alkanes) is 1. The molecule has 0 aliphatic heterocycles. The maximum atomic E-state index is 11.6. The van der Waals surface area contributed by atoms with Crippen LogP contribution in [0.1, 0.15) is 30.3 Å². The van der Waals surface area contributed by atoms with Crippen LogP contribution in [-0.2, 0) is 13.0 Å². The minimum atomic E-state index is -0.107. The molecule has 0 bridgehead atoms. The van der Waals surface area contributed by atoms with E-state index >= 15 is 0 Å². The number of thiazole rings is 1. The van der Waals surface area contributed by atoms with Crippen molar-refractivity contribution in [3.05, 3.63) is 26.6 Å². The zero-order chi connectivity index (χ0) is 13.7. The number of H-pyrrole nitrogens is 1. The van der Waals surface area contributed by atoms with Gasteiger partial charge in [-0.25, -0.2) is 14.9 Å². The topological polar surface area (TPSA) is 63.6 Å². The van der Waals surface area contributed by atoms with Gasteiger partial charge in [0.2, 0.25) is 0 Å². The molecule has 2 aromatic heterocycles. The molecule has 0 aliphatic rings. The fourth-order valence-electron chi connectivity index (χ4n) is 1.73. The molecule has 0 unspecified atom stereocenters. The molecule has 7 heteroatoms. The van der Waals surface area contributed by atoms with Gasteiger partial charge in [0.15, 0.2) is 5.16 Å². The molecule has 104 valence electrons. The number of aromatic amines is 1. The second kappa shape index (κ2) is 6.91. The molecule has 0 fully saturated rings. The van der Waals surface area contributed by atoms with Crippen LogP contribution in [0.4, 0.5) is 0 Å². The van der Waals surface area contributed by atoms with Gasteiger partial charge in [-0.2, -0.15) is 0 Å². The van der Waals surface area contributed by atoms with Crippen molar-refractivity contribution in [2.45, 2.75) is 44.8 Å². The van der Waals surface area contributed by atoms with E-state index in [0.29, 0.717) is 0 Å². The maximum Gasteiger partial charge on any atom is 0.343 e. The van der Waals surface area contributed by atoms with Gasteiger partial charge in [0.25, 0.3) is 0 Å². The van der Waals surface area contributed by atoms with Crippen molar-refractivity contribution in [2.24, 2.45) is 0 Å². The molecule has 0 amide bonds. The first kappa shape index (κ1) is 14.3. The lowest BCUT2D eigenvalue weighted by atomic mass is 10.3. The normalized spacial score (nSPS) is 11.1. The number of hydrogen-bond donors (Lipinski definition) is 1. The zero-order valence-electron chi connectivity index (χ0n) is 11.2. The molecule has 2 heterocycles. The summed E-state index contributed by atoms with van der Waals surface area (Å²) in [5.74, 6) is 0.916. The summed E-state index contributed by atoms with van der Waals surface area (Å²) in [4.78, 5) is 17.2. The van der Waals surface area contributed by atoms with Gasteiger partial charge < -0.3 is 0 Å². The van der Waals surface area contributed by atoms with E-state index in [0.717, 1.165) is 42.4 Å². The van der Waals surface area contributed by atoms with Crippen LogP contribution in [0.25, 0.3) is 0 Å². The first-order valence-electron chi connectivity index (χ1n) is 6.39. The highest BCUT2D eigenvalue weighted by Crippen LogP contribution is 2.19. The smallest absolute Gasteiger partial charge is 0.270 e. The van der Waals surface area contributed by atoms with Crippen molar-refractivity contribution >= 4 is 23.1 Å². The summed E-state index contributed by atoms with van der Waals surface area (Å²) < 4.78 is 1.73. The lowest BCUT2D eigenvalue weighted by molar-refractivity contribution is 0.573. The third-order valence-corrected chi connectivity index (χ3v) is 4.84. The van der Waals surface area contributed by atoms with Crippen molar-refractivity contribution < 1.29 is 0 Å². The number of thioether (sulfide) groups is 1. The van der Waals surface area contributed by atoms with Crippen molar-refractivity contribution in [2.75, 3.05) is 5.75 Å². The number of aromatic nitrogens is 4. The van der Waals surface area contributed by atoms with Crippen molar-refractivity contribution in [3.8, 4) is 0 Å². The Morgan fingerprint density at radius 1 is 1.53 bits per heavy atom. The average molecular weight is 298 g/mol. The molecular weight excluding hydrogens is 280 g/mol. The van der Waals surface area contributed by atoms with Gasteiger partial charge in [0.1, 0.15) is 0 Å². The lowest BCUT2D eigenvalue weighted by Crippen LogP contribution is -2.17. The summed E-state index contributed by atoms with van der Waals surface area (Å²) in [7, 11) is 0. The number of aryl methyl sites for hydroxylation is 2. The predicted molar refractivity (Wildman–Crippen MR) is 79.0 cm³/mol. The Morgan fingerprint density at radius 2 is 2.37 bits per heavy atom. The highest BCUT2D eigenvalue weighted by molar-refractivity contribution is 7.99. The molecule has 1 N–H and O–H groups in total. The fourth-order valence-corrected chi connectivity index (χ4v) is 3.57. The maximum absolute atomic E-state index is 11.6. The van der Waals surface area contributed by atoms with E-state index in [1.807, 2.05) is 12.4 Å². The highest BCUT2D eigenvalue weighted by atomic mass is 32.2. The van der Waals surface area contributed by atoms with E-state index in [9.17, 15) is 4.79 Å². The lowest BCUT2D eigenvalue weighted by Gasteiger charge is -2.04. The van der Waals surface area contributed by atoms with E-state index in [1.165, 1.54) is 4.88 Å². The van der Waals surface area contributed by atoms with Gasteiger partial charge in [-0.05, 0) is 19.8 Å². The van der Waals surface area contributed by atoms with Crippen LogP contribution in [0.3, 0.4) is 0 Å². The van der Waals surface area contributed by atoms with E-state index in [2.05, 4.69) is 22.1 Å². The Balaban J connectivity index is 1.92. The van der Waals surface area contributed by atoms with Crippen LogP contribution in [0.5, 0.6) is 0 Å². The van der Waals surface area contributed by atoms with Crippen LogP contribution >= 0.6 is 23.1 Å². The molecule has 2 rings (SSSR count). The van der Waals surface area contributed by atoms with Gasteiger partial charge in [-0.1, -0.05) is 25.1 Å². The molecule has 0 atom stereocenters. The van der Waals surface area contributed by atoms with Crippen LogP contribution in [0.15, 0.2) is 15.5 Å². The predicted octanol–water partition coefficient (Wildman–Crippen LogP) is 2.47. The summed E-state index contributed by atoms with van der Waals surface area (Å²) >= 11 is 3.31. The van der Waals surface area contributed by atoms with Crippen LogP contribution in [0.2, 0.25) is 0 Å². The number of nitrogens with zero attached hydrogens (tertiary/aromatic N) is 3. The van der Waals surface area contributed by atoms with E-state index in [4.69, 9.17) is 0 Å². The third-order valence-electron chi connectivity index (χ3n) is 2.86. The second-order valence-corrected chi connectivity index (χ2v) is 6.28. The molecular formula is C12H18N4OS2. The van der Waals surface area contributed by atoms with Crippen molar-refractivity contribution in [1.29, 1.82) is 0 Å². The molecule has 0 saturated carbocycles. The van der Waals surface area contributed by atoms with Crippen molar-refractivity contribution in [3.63, 3.8) is 0 Å². The largest absolute Gasteiger partial charge is 0.343 e. The first-order chi connectivity index (χ1) is 9.22. The van der Waals surface area contributed by atoms with Crippen molar-refractivity contribution in [1.82, 2.24) is 19.7 Å². The quantitative estimate of drug-likeness (QED) is 0.798. The Bertz CT molecular complexity index is 572. The van der Waals surface area contributed by atoms with Crippen LogP contribution < -0.4 is 5.69 Å². The number of rotatable bonds is 7. The summed E-state index contributed by atoms with van der Waals surface area (Å²) in [6.07, 6.45) is 3.04. The van der Waals surface area contributed by atoms with Gasteiger partial charge in [-0.3, -0.25) is 4.57 Å². The molecule has 0 saturated heterocycles. The fraction of sp³-hybridized carbons (Fsp3) is 0.583. The first-order valence-corrected chi connectivity index (χ1v) is 8.26. The Kier molecular flexibility index (Phi) is 5.21.